The van der Waals surface area contributed by atoms with Crippen LogP contribution in [0, 0.1) is 6.92 Å². The van der Waals surface area contributed by atoms with Crippen molar-refractivity contribution in [2.24, 2.45) is 10.8 Å². The average molecular weight is 392 g/mol. The van der Waals surface area contributed by atoms with Crippen molar-refractivity contribution in [3.63, 3.8) is 0 Å². The van der Waals surface area contributed by atoms with Gasteiger partial charge in [0.2, 0.25) is 0 Å². The second-order valence-electron chi connectivity index (χ2n) is 5.58. The molecule has 0 saturated heterocycles. The fourth-order valence-corrected chi connectivity index (χ4v) is 2.53. The molecular weight excluding hydrogens is 370 g/mol. The van der Waals surface area contributed by atoms with E-state index in [0.717, 1.165) is 11.3 Å². The minimum Gasteiger partial charge on any atom is -0.493 e. The van der Waals surface area contributed by atoms with Crippen molar-refractivity contribution in [2.75, 3.05) is 20.3 Å². The second-order valence-corrected chi connectivity index (χ2v) is 5.99. The number of nitrogens with one attached hydrogen (secondary N) is 1. The molecule has 3 N–H and O–H groups in total. The summed E-state index contributed by atoms with van der Waals surface area (Å²) in [6.07, 6.45) is 2.08. The molecule has 0 fully saturated rings. The van der Waals surface area contributed by atoms with Gasteiger partial charge in [-0.2, -0.15) is 5.10 Å². The van der Waals surface area contributed by atoms with Crippen LogP contribution in [0.2, 0.25) is 5.02 Å². The number of hydrogen-bond acceptors (Lipinski definition) is 5. The SMILES string of the molecule is COc1cc(/C=N/NC(N)=O)cc(Cl)c1OCCCOc1ccccc1C. The predicted octanol–water partition coefficient (Wildman–Crippen LogP) is 3.51. The number of hydrazone groups is 1. The zero-order valence-electron chi connectivity index (χ0n) is 15.2. The Labute approximate surface area is 163 Å². The molecule has 2 aromatic rings. The fraction of sp³-hybridized carbons (Fsp3) is 0.263. The molecule has 0 heterocycles. The Hall–Kier alpha value is -2.93. The van der Waals surface area contributed by atoms with Gasteiger partial charge in [-0.25, -0.2) is 10.2 Å². The fourth-order valence-electron chi connectivity index (χ4n) is 2.26. The number of carbonyl (C=O) groups excluding carboxylic acids is 1. The molecule has 2 amide bonds. The summed E-state index contributed by atoms with van der Waals surface area (Å²) in [7, 11) is 1.52. The molecule has 8 heteroatoms. The van der Waals surface area contributed by atoms with Crippen LogP contribution >= 0.6 is 11.6 Å². The number of halogens is 1. The predicted molar refractivity (Wildman–Crippen MR) is 105 cm³/mol. The lowest BCUT2D eigenvalue weighted by Gasteiger charge is -2.14. The first kappa shape index (κ1) is 20.4. The van der Waals surface area contributed by atoms with Gasteiger partial charge in [0.25, 0.3) is 0 Å². The van der Waals surface area contributed by atoms with Gasteiger partial charge in [0.1, 0.15) is 5.75 Å². The number of amides is 2. The topological polar surface area (TPSA) is 95.2 Å². The van der Waals surface area contributed by atoms with Crippen LogP contribution in [0.15, 0.2) is 41.5 Å². The summed E-state index contributed by atoms with van der Waals surface area (Å²) in [5, 5.41) is 4.06. The number of benzene rings is 2. The molecule has 0 aliphatic rings. The largest absolute Gasteiger partial charge is 0.493 e. The van der Waals surface area contributed by atoms with Crippen LogP contribution in [0.3, 0.4) is 0 Å². The number of aryl methyl sites for hydroxylation is 1. The van der Waals surface area contributed by atoms with Gasteiger partial charge in [-0.05, 0) is 36.2 Å². The smallest absolute Gasteiger partial charge is 0.332 e. The Bertz CT molecular complexity index is 812. The number of nitrogens with two attached hydrogens (primary N) is 1. The number of primary amides is 1. The van der Waals surface area contributed by atoms with Crippen molar-refractivity contribution in [3.05, 3.63) is 52.5 Å². The molecule has 0 aliphatic heterocycles. The lowest BCUT2D eigenvalue weighted by Crippen LogP contribution is -2.24. The number of urea groups is 1. The first-order valence-corrected chi connectivity index (χ1v) is 8.66. The molecule has 0 radical (unpaired) electrons. The molecule has 27 heavy (non-hydrogen) atoms. The summed E-state index contributed by atoms with van der Waals surface area (Å²) >= 11 is 6.27. The van der Waals surface area contributed by atoms with E-state index < -0.39 is 6.03 Å². The quantitative estimate of drug-likeness (QED) is 0.388. The Kier molecular flexibility index (Phi) is 7.76. The van der Waals surface area contributed by atoms with E-state index in [0.29, 0.717) is 41.7 Å². The van der Waals surface area contributed by atoms with Crippen molar-refractivity contribution < 1.29 is 19.0 Å². The maximum absolute atomic E-state index is 10.6. The second kappa shape index (κ2) is 10.3. The summed E-state index contributed by atoms with van der Waals surface area (Å²) in [4.78, 5) is 10.6. The van der Waals surface area contributed by atoms with Crippen LogP contribution in [0.4, 0.5) is 4.79 Å². The van der Waals surface area contributed by atoms with E-state index in [1.807, 2.05) is 31.2 Å². The van der Waals surface area contributed by atoms with Crippen LogP contribution in [0.5, 0.6) is 17.2 Å². The van der Waals surface area contributed by atoms with E-state index in [4.69, 9.17) is 31.5 Å². The van der Waals surface area contributed by atoms with Gasteiger partial charge in [0.05, 0.1) is 31.6 Å². The van der Waals surface area contributed by atoms with E-state index in [1.165, 1.54) is 13.3 Å². The highest BCUT2D eigenvalue weighted by atomic mass is 35.5. The Balaban J connectivity index is 1.90. The van der Waals surface area contributed by atoms with E-state index in [1.54, 1.807) is 12.1 Å². The van der Waals surface area contributed by atoms with Gasteiger partial charge in [0.15, 0.2) is 11.5 Å². The third kappa shape index (κ3) is 6.38. The monoisotopic (exact) mass is 391 g/mol. The molecule has 0 aromatic heterocycles. The standard InChI is InChI=1S/C19H22ClN3O4/c1-13-6-3-4-7-16(13)26-8-5-9-27-18-15(20)10-14(11-17(18)25-2)12-22-23-19(21)24/h3-4,6-7,10-12H,5,8-9H2,1-2H3,(H3,21,23,24)/b22-12+. The number of hydrogen-bond donors (Lipinski definition) is 2. The summed E-state index contributed by atoms with van der Waals surface area (Å²) in [6.45, 7) is 2.94. The molecule has 0 bridgehead atoms. The molecule has 0 aliphatic carbocycles. The van der Waals surface area contributed by atoms with E-state index in [-0.39, 0.29) is 0 Å². The van der Waals surface area contributed by atoms with E-state index in [9.17, 15) is 4.79 Å². The summed E-state index contributed by atoms with van der Waals surface area (Å²) in [5.74, 6) is 1.76. The van der Waals surface area contributed by atoms with Gasteiger partial charge >= 0.3 is 6.03 Å². The molecule has 0 atom stereocenters. The Morgan fingerprint density at radius 2 is 1.96 bits per heavy atom. The van der Waals surface area contributed by atoms with Gasteiger partial charge < -0.3 is 19.9 Å². The maximum atomic E-state index is 10.6. The van der Waals surface area contributed by atoms with Crippen molar-refractivity contribution in [1.82, 2.24) is 5.43 Å². The minimum atomic E-state index is -0.753. The highest BCUT2D eigenvalue weighted by molar-refractivity contribution is 6.32. The van der Waals surface area contributed by atoms with Crippen molar-refractivity contribution in [2.45, 2.75) is 13.3 Å². The zero-order chi connectivity index (χ0) is 19.6. The third-order valence-corrected chi connectivity index (χ3v) is 3.81. The minimum absolute atomic E-state index is 0.370. The van der Waals surface area contributed by atoms with Crippen LogP contribution in [-0.4, -0.2) is 32.6 Å². The lowest BCUT2D eigenvalue weighted by molar-refractivity contribution is 0.240. The van der Waals surface area contributed by atoms with Gasteiger partial charge in [-0.1, -0.05) is 29.8 Å². The summed E-state index contributed by atoms with van der Waals surface area (Å²) in [6, 6.07) is 10.4. The molecule has 0 saturated carbocycles. The van der Waals surface area contributed by atoms with Crippen molar-refractivity contribution >= 4 is 23.8 Å². The highest BCUT2D eigenvalue weighted by Crippen LogP contribution is 2.36. The van der Waals surface area contributed by atoms with Crippen molar-refractivity contribution in [3.8, 4) is 17.2 Å². The van der Waals surface area contributed by atoms with Crippen LogP contribution in [-0.2, 0) is 0 Å². The van der Waals surface area contributed by atoms with Gasteiger partial charge in [0, 0.05) is 6.42 Å². The molecule has 7 nitrogen and oxygen atoms in total. The number of para-hydroxylation sites is 1. The highest BCUT2D eigenvalue weighted by Gasteiger charge is 2.11. The van der Waals surface area contributed by atoms with Crippen LogP contribution in [0.1, 0.15) is 17.5 Å². The molecular formula is C19H22ClN3O4. The Morgan fingerprint density at radius 1 is 1.22 bits per heavy atom. The average Bonchev–Trinajstić information content (AvgIpc) is 2.63. The Morgan fingerprint density at radius 3 is 2.67 bits per heavy atom. The normalized spacial score (nSPS) is 10.6. The molecule has 2 aromatic carbocycles. The summed E-state index contributed by atoms with van der Waals surface area (Å²) < 4.78 is 16.8. The molecule has 144 valence electrons. The number of nitrogens with zero attached hydrogens (tertiary/aromatic N) is 1. The third-order valence-electron chi connectivity index (χ3n) is 3.53. The first-order chi connectivity index (χ1) is 13.0. The van der Waals surface area contributed by atoms with Crippen LogP contribution < -0.4 is 25.4 Å². The van der Waals surface area contributed by atoms with Crippen LogP contribution in [0.25, 0.3) is 0 Å². The lowest BCUT2D eigenvalue weighted by atomic mass is 10.2. The van der Waals surface area contributed by atoms with Crippen molar-refractivity contribution in [1.29, 1.82) is 0 Å². The number of carbonyl (C=O) groups is 1. The van der Waals surface area contributed by atoms with E-state index >= 15 is 0 Å². The first-order valence-electron chi connectivity index (χ1n) is 8.28. The number of ether oxygens (including phenoxy) is 3. The summed E-state index contributed by atoms with van der Waals surface area (Å²) in [5.41, 5.74) is 8.77. The van der Waals surface area contributed by atoms with Gasteiger partial charge in [-0.3, -0.25) is 0 Å². The van der Waals surface area contributed by atoms with E-state index in [2.05, 4.69) is 10.5 Å². The molecule has 2 rings (SSSR count). The number of rotatable bonds is 9. The zero-order valence-corrected chi connectivity index (χ0v) is 16.0. The molecule has 0 unspecified atom stereocenters. The molecule has 0 spiro atoms. The maximum Gasteiger partial charge on any atom is 0.332 e. The number of methoxy groups -OCH3 is 1. The van der Waals surface area contributed by atoms with Gasteiger partial charge in [-0.15, -0.1) is 0 Å².